The van der Waals surface area contributed by atoms with Crippen molar-refractivity contribution < 1.29 is 4.79 Å². The van der Waals surface area contributed by atoms with E-state index in [-0.39, 0.29) is 12.0 Å². The van der Waals surface area contributed by atoms with E-state index in [9.17, 15) is 4.79 Å². The molecule has 1 aliphatic carbocycles. The number of rotatable bonds is 8. The zero-order valence-corrected chi connectivity index (χ0v) is 13.0. The summed E-state index contributed by atoms with van der Waals surface area (Å²) in [5.74, 6) is 0.556. The van der Waals surface area contributed by atoms with E-state index in [1.807, 2.05) is 0 Å². The fraction of sp³-hybridized carbons (Fsp3) is 0.938. The smallest absolute Gasteiger partial charge is 0.225 e. The normalized spacial score (nSPS) is 24.4. The average Bonchev–Trinajstić information content (AvgIpc) is 2.81. The molecule has 0 heterocycles. The molecule has 1 aliphatic rings. The van der Waals surface area contributed by atoms with Gasteiger partial charge in [-0.3, -0.25) is 4.79 Å². The number of carbonyl (C=O) groups is 1. The molecule has 0 radical (unpaired) electrons. The summed E-state index contributed by atoms with van der Waals surface area (Å²) < 4.78 is 0. The number of hydrogen-bond donors (Lipinski definition) is 1. The maximum atomic E-state index is 12.7. The molecule has 1 amide bonds. The van der Waals surface area contributed by atoms with E-state index in [1.165, 1.54) is 12.8 Å². The van der Waals surface area contributed by atoms with Gasteiger partial charge in [0.1, 0.15) is 0 Å². The van der Waals surface area contributed by atoms with Crippen molar-refractivity contribution in [2.75, 3.05) is 6.54 Å². The molecule has 2 N–H and O–H groups in total. The average molecular weight is 268 g/mol. The van der Waals surface area contributed by atoms with Crippen molar-refractivity contribution >= 4 is 5.91 Å². The van der Waals surface area contributed by atoms with Gasteiger partial charge in [-0.25, -0.2) is 0 Å². The van der Waals surface area contributed by atoms with E-state index in [1.54, 1.807) is 0 Å². The second kappa shape index (κ2) is 8.57. The molecule has 3 atom stereocenters. The molecule has 0 aromatic carbocycles. The van der Waals surface area contributed by atoms with Gasteiger partial charge in [0, 0.05) is 24.5 Å². The van der Waals surface area contributed by atoms with Crippen molar-refractivity contribution in [2.45, 2.75) is 84.2 Å². The predicted molar refractivity (Wildman–Crippen MR) is 80.9 cm³/mol. The molecule has 3 nitrogen and oxygen atoms in total. The fourth-order valence-electron chi connectivity index (χ4n) is 3.13. The first-order valence-electron chi connectivity index (χ1n) is 8.16. The van der Waals surface area contributed by atoms with Crippen LogP contribution in [0.2, 0.25) is 0 Å². The zero-order valence-electron chi connectivity index (χ0n) is 13.0. The van der Waals surface area contributed by atoms with Gasteiger partial charge >= 0.3 is 0 Å². The summed E-state index contributed by atoms with van der Waals surface area (Å²) in [6, 6.07) is 0.624. The molecular formula is C16H32N2O. The lowest BCUT2D eigenvalue weighted by molar-refractivity contribution is -0.137. The van der Waals surface area contributed by atoms with E-state index < -0.39 is 0 Å². The van der Waals surface area contributed by atoms with Crippen molar-refractivity contribution in [3.05, 3.63) is 0 Å². The molecular weight excluding hydrogens is 236 g/mol. The molecule has 0 spiro atoms. The van der Waals surface area contributed by atoms with Gasteiger partial charge in [-0.1, -0.05) is 33.1 Å². The molecule has 3 unspecified atom stereocenters. The minimum Gasteiger partial charge on any atom is -0.340 e. The summed E-state index contributed by atoms with van der Waals surface area (Å²) in [6.07, 6.45) is 8.70. The highest BCUT2D eigenvalue weighted by molar-refractivity contribution is 5.79. The van der Waals surface area contributed by atoms with Gasteiger partial charge in [0.05, 0.1) is 0 Å². The minimum atomic E-state index is 0.191. The molecule has 112 valence electrons. The summed E-state index contributed by atoms with van der Waals surface area (Å²) in [7, 11) is 0. The third kappa shape index (κ3) is 5.13. The highest BCUT2D eigenvalue weighted by Crippen LogP contribution is 2.27. The summed E-state index contributed by atoms with van der Waals surface area (Å²) in [5.41, 5.74) is 5.95. The van der Waals surface area contributed by atoms with E-state index in [0.717, 1.165) is 45.1 Å². The lowest BCUT2D eigenvalue weighted by atomic mass is 10.0. The van der Waals surface area contributed by atoms with Crippen molar-refractivity contribution in [3.8, 4) is 0 Å². The lowest BCUT2D eigenvalue weighted by Gasteiger charge is -2.31. The van der Waals surface area contributed by atoms with Gasteiger partial charge in [-0.2, -0.15) is 0 Å². The Morgan fingerprint density at radius 2 is 2.00 bits per heavy atom. The Morgan fingerprint density at radius 3 is 2.53 bits per heavy atom. The van der Waals surface area contributed by atoms with Gasteiger partial charge in [-0.05, 0) is 39.0 Å². The van der Waals surface area contributed by atoms with Crippen LogP contribution in [0.25, 0.3) is 0 Å². The van der Waals surface area contributed by atoms with Crippen LogP contribution in [0, 0.1) is 5.92 Å². The van der Waals surface area contributed by atoms with Gasteiger partial charge in [0.15, 0.2) is 0 Å². The van der Waals surface area contributed by atoms with Crippen LogP contribution >= 0.6 is 0 Å². The monoisotopic (exact) mass is 268 g/mol. The van der Waals surface area contributed by atoms with Crippen LogP contribution < -0.4 is 5.73 Å². The Bertz CT molecular complexity index is 267. The van der Waals surface area contributed by atoms with Crippen molar-refractivity contribution in [2.24, 2.45) is 11.7 Å². The zero-order chi connectivity index (χ0) is 14.3. The molecule has 0 aliphatic heterocycles. The molecule has 1 saturated carbocycles. The van der Waals surface area contributed by atoms with Crippen molar-refractivity contribution in [1.29, 1.82) is 0 Å². The highest BCUT2D eigenvalue weighted by atomic mass is 16.2. The quantitative estimate of drug-likeness (QED) is 0.686. The third-order valence-corrected chi connectivity index (χ3v) is 4.35. The van der Waals surface area contributed by atoms with Crippen LogP contribution in [0.3, 0.4) is 0 Å². The molecule has 3 heteroatoms. The van der Waals surface area contributed by atoms with E-state index in [2.05, 4.69) is 25.7 Å². The third-order valence-electron chi connectivity index (χ3n) is 4.35. The summed E-state index contributed by atoms with van der Waals surface area (Å²) >= 11 is 0. The van der Waals surface area contributed by atoms with Gasteiger partial charge < -0.3 is 10.6 Å². The van der Waals surface area contributed by atoms with E-state index >= 15 is 0 Å². The molecule has 19 heavy (non-hydrogen) atoms. The van der Waals surface area contributed by atoms with Gasteiger partial charge in [-0.15, -0.1) is 0 Å². The fourth-order valence-corrected chi connectivity index (χ4v) is 3.13. The molecule has 0 aromatic rings. The second-order valence-electron chi connectivity index (χ2n) is 6.15. The highest BCUT2D eigenvalue weighted by Gasteiger charge is 2.32. The summed E-state index contributed by atoms with van der Waals surface area (Å²) in [4.78, 5) is 14.8. The molecule has 1 rings (SSSR count). The Balaban J connectivity index is 2.57. The SMILES string of the molecule is CCCCCN(C(=O)C1CCC(N)C1)C(C)CCC. The standard InChI is InChI=1S/C16H32N2O/c1-4-6-7-11-18(13(3)8-5-2)16(19)14-9-10-15(17)12-14/h13-15H,4-12,17H2,1-3H3. The van der Waals surface area contributed by atoms with Crippen LogP contribution in [0.4, 0.5) is 0 Å². The van der Waals surface area contributed by atoms with E-state index in [4.69, 9.17) is 5.73 Å². The largest absolute Gasteiger partial charge is 0.340 e. The number of nitrogens with two attached hydrogens (primary N) is 1. The minimum absolute atomic E-state index is 0.191. The number of unbranched alkanes of at least 4 members (excludes halogenated alkanes) is 2. The number of carbonyl (C=O) groups excluding carboxylic acids is 1. The van der Waals surface area contributed by atoms with Gasteiger partial charge in [0.2, 0.25) is 5.91 Å². The first-order valence-corrected chi connectivity index (χ1v) is 8.16. The molecule has 0 aromatic heterocycles. The van der Waals surface area contributed by atoms with Crippen LogP contribution in [0.5, 0.6) is 0 Å². The number of nitrogens with zero attached hydrogens (tertiary/aromatic N) is 1. The Labute approximate surface area is 118 Å². The lowest BCUT2D eigenvalue weighted by Crippen LogP contribution is -2.42. The summed E-state index contributed by atoms with van der Waals surface area (Å²) in [6.45, 7) is 7.52. The van der Waals surface area contributed by atoms with E-state index in [0.29, 0.717) is 11.9 Å². The second-order valence-corrected chi connectivity index (χ2v) is 6.15. The topological polar surface area (TPSA) is 46.3 Å². The maximum Gasteiger partial charge on any atom is 0.225 e. The van der Waals surface area contributed by atoms with Crippen molar-refractivity contribution in [3.63, 3.8) is 0 Å². The predicted octanol–water partition coefficient (Wildman–Crippen LogP) is 3.32. The Kier molecular flexibility index (Phi) is 7.44. The van der Waals surface area contributed by atoms with Crippen molar-refractivity contribution in [1.82, 2.24) is 4.90 Å². The molecule has 0 bridgehead atoms. The summed E-state index contributed by atoms with van der Waals surface area (Å²) in [5, 5.41) is 0. The number of hydrogen-bond acceptors (Lipinski definition) is 2. The van der Waals surface area contributed by atoms with Gasteiger partial charge in [0.25, 0.3) is 0 Å². The number of amides is 1. The molecule has 0 saturated heterocycles. The van der Waals surface area contributed by atoms with Crippen LogP contribution in [-0.2, 0) is 4.79 Å². The molecule has 1 fully saturated rings. The van der Waals surface area contributed by atoms with Crippen LogP contribution in [-0.4, -0.2) is 29.4 Å². The Morgan fingerprint density at radius 1 is 1.26 bits per heavy atom. The van der Waals surface area contributed by atoms with Crippen LogP contribution in [0.15, 0.2) is 0 Å². The van der Waals surface area contributed by atoms with Crippen LogP contribution in [0.1, 0.15) is 72.1 Å². The maximum absolute atomic E-state index is 12.7. The first-order chi connectivity index (χ1) is 9.10. The first kappa shape index (κ1) is 16.5. The Hall–Kier alpha value is -0.570.